The summed E-state index contributed by atoms with van der Waals surface area (Å²) in [4.78, 5) is 8.21. The molecule has 2 aromatic rings. The van der Waals surface area contributed by atoms with Crippen molar-refractivity contribution in [2.75, 3.05) is 0 Å². The Morgan fingerprint density at radius 3 is 2.81 bits per heavy atom. The van der Waals surface area contributed by atoms with Gasteiger partial charge in [0, 0.05) is 30.7 Å². The maximum absolute atomic E-state index is 10.1. The van der Waals surface area contributed by atoms with Gasteiger partial charge < -0.3 is 5.11 Å². The van der Waals surface area contributed by atoms with Gasteiger partial charge >= 0.3 is 0 Å². The summed E-state index contributed by atoms with van der Waals surface area (Å²) in [6.07, 6.45) is 5.21. The highest BCUT2D eigenvalue weighted by atomic mass is 16.3. The van der Waals surface area contributed by atoms with Crippen LogP contribution in [0.5, 0.6) is 0 Å². The Labute approximate surface area is 94.8 Å². The van der Waals surface area contributed by atoms with E-state index in [4.69, 9.17) is 0 Å². The van der Waals surface area contributed by atoms with Crippen molar-refractivity contribution in [1.82, 2.24) is 9.97 Å². The second kappa shape index (κ2) is 4.86. The van der Waals surface area contributed by atoms with Crippen LogP contribution in [0.3, 0.4) is 0 Å². The highest BCUT2D eigenvalue weighted by Gasteiger charge is 2.11. The second-order valence-electron chi connectivity index (χ2n) is 3.77. The van der Waals surface area contributed by atoms with Crippen LogP contribution in [0.4, 0.5) is 0 Å². The number of rotatable bonds is 3. The molecule has 2 aromatic heterocycles. The highest BCUT2D eigenvalue weighted by molar-refractivity contribution is 5.25. The van der Waals surface area contributed by atoms with Crippen molar-refractivity contribution < 1.29 is 5.11 Å². The van der Waals surface area contributed by atoms with Crippen LogP contribution in [-0.2, 0) is 6.42 Å². The molecule has 0 bridgehead atoms. The van der Waals surface area contributed by atoms with Crippen molar-refractivity contribution in [2.45, 2.75) is 19.4 Å². The predicted molar refractivity (Wildman–Crippen MR) is 61.9 cm³/mol. The fourth-order valence-corrected chi connectivity index (χ4v) is 1.68. The molecule has 82 valence electrons. The first-order valence-corrected chi connectivity index (χ1v) is 5.26. The number of pyridine rings is 2. The summed E-state index contributed by atoms with van der Waals surface area (Å²) >= 11 is 0. The molecule has 0 aromatic carbocycles. The summed E-state index contributed by atoms with van der Waals surface area (Å²) in [6.45, 7) is 1.95. The smallest absolute Gasteiger partial charge is 0.0849 e. The van der Waals surface area contributed by atoms with E-state index in [1.54, 1.807) is 18.6 Å². The number of aliphatic hydroxyl groups excluding tert-OH is 1. The normalized spacial score (nSPS) is 12.4. The van der Waals surface area contributed by atoms with Gasteiger partial charge in [-0.05, 0) is 36.2 Å². The van der Waals surface area contributed by atoms with E-state index in [-0.39, 0.29) is 0 Å². The van der Waals surface area contributed by atoms with Crippen molar-refractivity contribution in [1.29, 1.82) is 0 Å². The molecule has 0 fully saturated rings. The summed E-state index contributed by atoms with van der Waals surface area (Å²) in [5.41, 5.74) is 2.82. The third-order valence-corrected chi connectivity index (χ3v) is 2.55. The fourth-order valence-electron chi connectivity index (χ4n) is 1.68. The molecule has 0 amide bonds. The van der Waals surface area contributed by atoms with Crippen molar-refractivity contribution in [2.24, 2.45) is 0 Å². The van der Waals surface area contributed by atoms with Crippen LogP contribution >= 0.6 is 0 Å². The van der Waals surface area contributed by atoms with Gasteiger partial charge in [-0.25, -0.2) is 0 Å². The Balaban J connectivity index is 2.15. The van der Waals surface area contributed by atoms with Gasteiger partial charge in [0.1, 0.15) is 0 Å². The molecule has 3 nitrogen and oxygen atoms in total. The van der Waals surface area contributed by atoms with Gasteiger partial charge in [-0.1, -0.05) is 6.07 Å². The number of hydrogen-bond acceptors (Lipinski definition) is 3. The molecule has 2 rings (SSSR count). The molecule has 0 saturated carbocycles. The van der Waals surface area contributed by atoms with Gasteiger partial charge in [-0.15, -0.1) is 0 Å². The molecule has 0 saturated heterocycles. The average Bonchev–Trinajstić information content (AvgIpc) is 2.31. The summed E-state index contributed by atoms with van der Waals surface area (Å²) in [5.74, 6) is 0. The maximum Gasteiger partial charge on any atom is 0.0849 e. The molecule has 0 aliphatic carbocycles. The van der Waals surface area contributed by atoms with Gasteiger partial charge in [0.25, 0.3) is 0 Å². The van der Waals surface area contributed by atoms with E-state index in [0.29, 0.717) is 6.42 Å². The van der Waals surface area contributed by atoms with Crippen molar-refractivity contribution in [3.05, 3.63) is 59.7 Å². The third-order valence-electron chi connectivity index (χ3n) is 2.55. The lowest BCUT2D eigenvalue weighted by Gasteiger charge is -2.12. The minimum Gasteiger partial charge on any atom is -0.388 e. The minimum atomic E-state index is -0.516. The highest BCUT2D eigenvalue weighted by Crippen LogP contribution is 2.19. The maximum atomic E-state index is 10.1. The molecule has 0 aliphatic rings. The van der Waals surface area contributed by atoms with Gasteiger partial charge in [0.05, 0.1) is 6.10 Å². The molecule has 1 unspecified atom stereocenters. The van der Waals surface area contributed by atoms with Crippen molar-refractivity contribution in [3.8, 4) is 0 Å². The lowest BCUT2D eigenvalue weighted by atomic mass is 10.0. The van der Waals surface area contributed by atoms with Gasteiger partial charge in [-0.3, -0.25) is 9.97 Å². The summed E-state index contributed by atoms with van der Waals surface area (Å²) in [6, 6.07) is 7.56. The van der Waals surface area contributed by atoms with Crippen LogP contribution in [0.15, 0.2) is 42.9 Å². The van der Waals surface area contributed by atoms with Crippen LogP contribution in [0.1, 0.15) is 22.9 Å². The number of aromatic nitrogens is 2. The number of aliphatic hydroxyl groups is 1. The van der Waals surface area contributed by atoms with E-state index in [0.717, 1.165) is 16.8 Å². The van der Waals surface area contributed by atoms with Gasteiger partial charge in [0.2, 0.25) is 0 Å². The standard InChI is InChI=1S/C13H14N2O/c1-10-9-14-7-5-12(10)13(16)8-11-4-2-3-6-15-11/h2-7,9,13,16H,8H2,1H3. The zero-order valence-electron chi connectivity index (χ0n) is 9.17. The largest absolute Gasteiger partial charge is 0.388 e. The Hall–Kier alpha value is -1.74. The lowest BCUT2D eigenvalue weighted by Crippen LogP contribution is -2.05. The van der Waals surface area contributed by atoms with E-state index >= 15 is 0 Å². The van der Waals surface area contributed by atoms with E-state index < -0.39 is 6.10 Å². The Morgan fingerprint density at radius 2 is 2.12 bits per heavy atom. The fraction of sp³-hybridized carbons (Fsp3) is 0.231. The zero-order valence-corrected chi connectivity index (χ0v) is 9.17. The molecule has 1 N–H and O–H groups in total. The molecule has 3 heteroatoms. The van der Waals surface area contributed by atoms with E-state index in [9.17, 15) is 5.11 Å². The van der Waals surface area contributed by atoms with Crippen molar-refractivity contribution >= 4 is 0 Å². The van der Waals surface area contributed by atoms with Crippen molar-refractivity contribution in [3.63, 3.8) is 0 Å². The second-order valence-corrected chi connectivity index (χ2v) is 3.77. The van der Waals surface area contributed by atoms with E-state index in [1.807, 2.05) is 31.2 Å². The SMILES string of the molecule is Cc1cnccc1C(O)Cc1ccccn1. The minimum absolute atomic E-state index is 0.516. The Kier molecular flexibility index (Phi) is 3.27. The predicted octanol–water partition coefficient (Wildman–Crippen LogP) is 2.06. The number of hydrogen-bond donors (Lipinski definition) is 1. The van der Waals surface area contributed by atoms with Crippen LogP contribution in [0.25, 0.3) is 0 Å². The van der Waals surface area contributed by atoms with E-state index in [2.05, 4.69) is 9.97 Å². The molecule has 2 heterocycles. The molecule has 0 aliphatic heterocycles. The average molecular weight is 214 g/mol. The molecular formula is C13H14N2O. The first kappa shape index (κ1) is 10.8. The third kappa shape index (κ3) is 2.44. The lowest BCUT2D eigenvalue weighted by molar-refractivity contribution is 0.176. The molecule has 1 atom stereocenters. The quantitative estimate of drug-likeness (QED) is 0.850. The van der Waals surface area contributed by atoms with Crippen LogP contribution in [0, 0.1) is 6.92 Å². The first-order chi connectivity index (χ1) is 7.77. The topological polar surface area (TPSA) is 46.0 Å². The van der Waals surface area contributed by atoms with Gasteiger partial charge in [-0.2, -0.15) is 0 Å². The number of aryl methyl sites for hydroxylation is 1. The van der Waals surface area contributed by atoms with Crippen LogP contribution < -0.4 is 0 Å². The summed E-state index contributed by atoms with van der Waals surface area (Å²) in [5, 5.41) is 10.1. The van der Waals surface area contributed by atoms with Crippen LogP contribution in [0.2, 0.25) is 0 Å². The monoisotopic (exact) mass is 214 g/mol. The molecule has 16 heavy (non-hydrogen) atoms. The Morgan fingerprint density at radius 1 is 1.25 bits per heavy atom. The first-order valence-electron chi connectivity index (χ1n) is 5.26. The molecular weight excluding hydrogens is 200 g/mol. The molecule has 0 spiro atoms. The number of nitrogens with zero attached hydrogens (tertiary/aromatic N) is 2. The summed E-state index contributed by atoms with van der Waals surface area (Å²) in [7, 11) is 0. The van der Waals surface area contributed by atoms with E-state index in [1.165, 1.54) is 0 Å². The Bertz CT molecular complexity index is 456. The summed E-state index contributed by atoms with van der Waals surface area (Å²) < 4.78 is 0. The van der Waals surface area contributed by atoms with Crippen LogP contribution in [-0.4, -0.2) is 15.1 Å². The van der Waals surface area contributed by atoms with Gasteiger partial charge in [0.15, 0.2) is 0 Å². The zero-order chi connectivity index (χ0) is 11.4. The molecule has 0 radical (unpaired) electrons.